The molecule has 0 spiro atoms. The van der Waals surface area contributed by atoms with E-state index in [1.807, 2.05) is 17.5 Å². The lowest BCUT2D eigenvalue weighted by molar-refractivity contribution is -0.120. The standard InChI is InChI=1S/C9H10N2OS/c1-11-9(12)5-7(6-10)8-3-2-4-13-8/h2-4,7H,5H2,1H3,(H,11,12). The molecule has 1 N–H and O–H groups in total. The first-order valence-corrected chi connectivity index (χ1v) is 4.79. The summed E-state index contributed by atoms with van der Waals surface area (Å²) in [5.41, 5.74) is 0. The van der Waals surface area contributed by atoms with Gasteiger partial charge in [0.2, 0.25) is 5.91 Å². The lowest BCUT2D eigenvalue weighted by Crippen LogP contribution is -2.19. The molecule has 1 rings (SSSR count). The van der Waals surface area contributed by atoms with E-state index in [0.717, 1.165) is 4.88 Å². The van der Waals surface area contributed by atoms with Gasteiger partial charge in [0.1, 0.15) is 0 Å². The molecule has 68 valence electrons. The van der Waals surface area contributed by atoms with Gasteiger partial charge in [-0.05, 0) is 11.4 Å². The third kappa shape index (κ3) is 2.56. The molecule has 1 unspecified atom stereocenters. The second kappa shape index (κ2) is 4.63. The van der Waals surface area contributed by atoms with Crippen molar-refractivity contribution in [3.8, 4) is 6.07 Å². The van der Waals surface area contributed by atoms with Crippen LogP contribution in [-0.4, -0.2) is 13.0 Å². The molecule has 0 aromatic carbocycles. The van der Waals surface area contributed by atoms with E-state index in [2.05, 4.69) is 11.4 Å². The summed E-state index contributed by atoms with van der Waals surface area (Å²) in [5, 5.41) is 13.2. The minimum atomic E-state index is -0.306. The summed E-state index contributed by atoms with van der Waals surface area (Å²) in [5.74, 6) is -0.403. The van der Waals surface area contributed by atoms with Gasteiger partial charge in [-0.3, -0.25) is 4.79 Å². The number of hydrogen-bond acceptors (Lipinski definition) is 3. The highest BCUT2D eigenvalue weighted by atomic mass is 32.1. The van der Waals surface area contributed by atoms with E-state index in [-0.39, 0.29) is 18.2 Å². The normalized spacial score (nSPS) is 11.7. The van der Waals surface area contributed by atoms with Gasteiger partial charge in [-0.2, -0.15) is 5.26 Å². The van der Waals surface area contributed by atoms with Gasteiger partial charge in [0.15, 0.2) is 0 Å². The number of rotatable bonds is 3. The molecule has 0 aliphatic rings. The second-order valence-corrected chi connectivity index (χ2v) is 3.55. The van der Waals surface area contributed by atoms with Gasteiger partial charge in [0.05, 0.1) is 12.0 Å². The quantitative estimate of drug-likeness (QED) is 0.792. The summed E-state index contributed by atoms with van der Waals surface area (Å²) >= 11 is 1.51. The number of hydrogen-bond donors (Lipinski definition) is 1. The van der Waals surface area contributed by atoms with Crippen LogP contribution in [-0.2, 0) is 4.79 Å². The largest absolute Gasteiger partial charge is 0.359 e. The monoisotopic (exact) mass is 194 g/mol. The Morgan fingerprint density at radius 3 is 3.08 bits per heavy atom. The van der Waals surface area contributed by atoms with E-state index in [0.29, 0.717) is 0 Å². The van der Waals surface area contributed by atoms with E-state index < -0.39 is 0 Å². The van der Waals surface area contributed by atoms with E-state index in [1.165, 1.54) is 11.3 Å². The van der Waals surface area contributed by atoms with Crippen LogP contribution in [0.5, 0.6) is 0 Å². The zero-order chi connectivity index (χ0) is 9.68. The molecule has 3 nitrogen and oxygen atoms in total. The SMILES string of the molecule is CNC(=O)CC(C#N)c1cccs1. The van der Waals surface area contributed by atoms with Gasteiger partial charge >= 0.3 is 0 Å². The topological polar surface area (TPSA) is 52.9 Å². The van der Waals surface area contributed by atoms with Crippen molar-refractivity contribution >= 4 is 17.2 Å². The highest BCUT2D eigenvalue weighted by Crippen LogP contribution is 2.23. The van der Waals surface area contributed by atoms with E-state index in [9.17, 15) is 4.79 Å². The number of nitrogens with one attached hydrogen (secondary N) is 1. The lowest BCUT2D eigenvalue weighted by atomic mass is 10.1. The molecule has 0 fully saturated rings. The Morgan fingerprint density at radius 2 is 2.62 bits per heavy atom. The van der Waals surface area contributed by atoms with Crippen LogP contribution in [0.15, 0.2) is 17.5 Å². The Balaban J connectivity index is 2.66. The Hall–Kier alpha value is -1.34. The first kappa shape index (κ1) is 9.75. The highest BCUT2D eigenvalue weighted by molar-refractivity contribution is 7.10. The maximum atomic E-state index is 11.0. The van der Waals surface area contributed by atoms with Gasteiger partial charge < -0.3 is 5.32 Å². The molecule has 0 aliphatic carbocycles. The molecule has 0 radical (unpaired) electrons. The maximum Gasteiger partial charge on any atom is 0.221 e. The minimum absolute atomic E-state index is 0.0973. The Bertz CT molecular complexity index is 313. The van der Waals surface area contributed by atoms with Gasteiger partial charge in [0.25, 0.3) is 0 Å². The van der Waals surface area contributed by atoms with Crippen LogP contribution < -0.4 is 5.32 Å². The second-order valence-electron chi connectivity index (χ2n) is 2.57. The van der Waals surface area contributed by atoms with Crippen molar-refractivity contribution in [3.63, 3.8) is 0 Å². The predicted molar refractivity (Wildman–Crippen MR) is 51.4 cm³/mol. The molecule has 1 aromatic rings. The van der Waals surface area contributed by atoms with Crippen molar-refractivity contribution in [2.24, 2.45) is 0 Å². The summed E-state index contributed by atoms with van der Waals surface area (Å²) in [6.45, 7) is 0. The van der Waals surface area contributed by atoms with E-state index >= 15 is 0 Å². The fourth-order valence-corrected chi connectivity index (χ4v) is 1.76. The molecule has 0 saturated heterocycles. The van der Waals surface area contributed by atoms with Crippen LogP contribution in [0, 0.1) is 11.3 Å². The van der Waals surface area contributed by atoms with Gasteiger partial charge in [-0.1, -0.05) is 6.07 Å². The number of nitriles is 1. The van der Waals surface area contributed by atoms with Crippen LogP contribution >= 0.6 is 11.3 Å². The fraction of sp³-hybridized carbons (Fsp3) is 0.333. The van der Waals surface area contributed by atoms with Crippen LogP contribution in [0.1, 0.15) is 17.2 Å². The third-order valence-corrected chi connectivity index (χ3v) is 2.70. The first-order valence-electron chi connectivity index (χ1n) is 3.91. The number of thiophene rings is 1. The third-order valence-electron chi connectivity index (χ3n) is 1.71. The summed E-state index contributed by atoms with van der Waals surface area (Å²) < 4.78 is 0. The average molecular weight is 194 g/mol. The summed E-state index contributed by atoms with van der Waals surface area (Å²) in [6, 6.07) is 5.88. The van der Waals surface area contributed by atoms with Crippen molar-refractivity contribution in [2.75, 3.05) is 7.05 Å². The minimum Gasteiger partial charge on any atom is -0.359 e. The molecule has 1 aromatic heterocycles. The number of carbonyl (C=O) groups excluding carboxylic acids is 1. The number of amides is 1. The summed E-state index contributed by atoms with van der Waals surface area (Å²) in [4.78, 5) is 12.0. The maximum absolute atomic E-state index is 11.0. The predicted octanol–water partition coefficient (Wildman–Crippen LogP) is 1.49. The fourth-order valence-electron chi connectivity index (χ4n) is 0.987. The molecule has 0 bridgehead atoms. The number of carbonyl (C=O) groups is 1. The molecule has 0 saturated carbocycles. The van der Waals surface area contributed by atoms with Crippen molar-refractivity contribution in [1.29, 1.82) is 5.26 Å². The van der Waals surface area contributed by atoms with E-state index in [4.69, 9.17) is 5.26 Å². The Kier molecular flexibility index (Phi) is 3.47. The lowest BCUT2D eigenvalue weighted by Gasteiger charge is -2.04. The molecule has 1 heterocycles. The molecule has 1 atom stereocenters. The van der Waals surface area contributed by atoms with Crippen molar-refractivity contribution in [2.45, 2.75) is 12.3 Å². The van der Waals surface area contributed by atoms with Crippen LogP contribution in [0.2, 0.25) is 0 Å². The smallest absolute Gasteiger partial charge is 0.221 e. The van der Waals surface area contributed by atoms with Gasteiger partial charge in [-0.25, -0.2) is 0 Å². The molecule has 1 amide bonds. The zero-order valence-electron chi connectivity index (χ0n) is 7.28. The number of nitrogens with zero attached hydrogens (tertiary/aromatic N) is 1. The van der Waals surface area contributed by atoms with Gasteiger partial charge in [0, 0.05) is 18.3 Å². The molecular weight excluding hydrogens is 184 g/mol. The van der Waals surface area contributed by atoms with Crippen molar-refractivity contribution in [1.82, 2.24) is 5.32 Å². The van der Waals surface area contributed by atoms with E-state index in [1.54, 1.807) is 7.05 Å². The average Bonchev–Trinajstić information content (AvgIpc) is 2.66. The van der Waals surface area contributed by atoms with Crippen LogP contribution in [0.25, 0.3) is 0 Å². The molecule has 13 heavy (non-hydrogen) atoms. The molecule has 0 aliphatic heterocycles. The first-order chi connectivity index (χ1) is 6.27. The van der Waals surface area contributed by atoms with Crippen LogP contribution in [0.4, 0.5) is 0 Å². The highest BCUT2D eigenvalue weighted by Gasteiger charge is 2.14. The molecule has 4 heteroatoms. The van der Waals surface area contributed by atoms with Crippen molar-refractivity contribution in [3.05, 3.63) is 22.4 Å². The Morgan fingerprint density at radius 1 is 1.85 bits per heavy atom. The zero-order valence-corrected chi connectivity index (χ0v) is 8.10. The summed E-state index contributed by atoms with van der Waals surface area (Å²) in [6.07, 6.45) is 0.244. The van der Waals surface area contributed by atoms with Crippen LogP contribution in [0.3, 0.4) is 0 Å². The summed E-state index contributed by atoms with van der Waals surface area (Å²) in [7, 11) is 1.57. The van der Waals surface area contributed by atoms with Crippen molar-refractivity contribution < 1.29 is 4.79 Å². The van der Waals surface area contributed by atoms with Gasteiger partial charge in [-0.15, -0.1) is 11.3 Å². The Labute approximate surface area is 81.0 Å². The molecular formula is C9H10N2OS.